The Labute approximate surface area is 163 Å². The van der Waals surface area contributed by atoms with Crippen LogP contribution in [0.25, 0.3) is 0 Å². The van der Waals surface area contributed by atoms with E-state index in [1.165, 1.54) is 24.8 Å². The van der Waals surface area contributed by atoms with Crippen molar-refractivity contribution in [3.8, 4) is 5.75 Å². The topological polar surface area (TPSA) is 111 Å². The van der Waals surface area contributed by atoms with Crippen LogP contribution in [0, 0.1) is 10.1 Å². The van der Waals surface area contributed by atoms with Crippen LogP contribution in [0.2, 0.25) is 0 Å². The minimum atomic E-state index is -0.632. The Morgan fingerprint density at radius 1 is 1.14 bits per heavy atom. The molecule has 0 unspecified atom stereocenters. The number of amides is 2. The number of carbonyl (C=O) groups excluding carboxylic acids is 2. The molecule has 0 aliphatic rings. The van der Waals surface area contributed by atoms with Gasteiger partial charge in [0.25, 0.3) is 5.91 Å². The lowest BCUT2D eigenvalue weighted by Gasteiger charge is -2.08. The molecule has 2 aromatic carbocycles. The van der Waals surface area contributed by atoms with Gasteiger partial charge in [0, 0.05) is 17.3 Å². The summed E-state index contributed by atoms with van der Waals surface area (Å²) in [4.78, 5) is 34.6. The molecule has 0 aliphatic carbocycles. The summed E-state index contributed by atoms with van der Waals surface area (Å²) in [7, 11) is 1.31. The molecule has 0 radical (unpaired) electrons. The van der Waals surface area contributed by atoms with Gasteiger partial charge < -0.3 is 15.4 Å². The lowest BCUT2D eigenvalue weighted by Crippen LogP contribution is -2.32. The van der Waals surface area contributed by atoms with Crippen LogP contribution in [0.5, 0.6) is 5.75 Å². The number of carbonyl (C=O) groups is 2. The van der Waals surface area contributed by atoms with Crippen LogP contribution in [-0.2, 0) is 11.2 Å². The monoisotopic (exact) mass is 385 g/mol. The first-order valence-electron chi connectivity index (χ1n) is 8.94. The Bertz CT molecular complexity index is 849. The zero-order valence-corrected chi connectivity index (χ0v) is 15.9. The maximum atomic E-state index is 12.2. The number of nitro groups is 1. The Morgan fingerprint density at radius 3 is 2.46 bits per heavy atom. The molecular weight excluding hydrogens is 362 g/mol. The molecule has 0 bridgehead atoms. The number of methoxy groups -OCH3 is 1. The second-order valence-electron chi connectivity index (χ2n) is 6.18. The van der Waals surface area contributed by atoms with Crippen LogP contribution in [0.3, 0.4) is 0 Å². The van der Waals surface area contributed by atoms with Crippen LogP contribution in [0.1, 0.15) is 35.7 Å². The number of nitrogens with one attached hydrogen (secondary N) is 2. The third-order valence-electron chi connectivity index (χ3n) is 4.10. The molecule has 0 heterocycles. The zero-order valence-electron chi connectivity index (χ0n) is 15.9. The molecule has 28 heavy (non-hydrogen) atoms. The van der Waals surface area contributed by atoms with Gasteiger partial charge in [-0.05, 0) is 42.7 Å². The first-order valence-corrected chi connectivity index (χ1v) is 8.94. The van der Waals surface area contributed by atoms with E-state index >= 15 is 0 Å². The summed E-state index contributed by atoms with van der Waals surface area (Å²) >= 11 is 0. The van der Waals surface area contributed by atoms with Gasteiger partial charge in [-0.25, -0.2) is 0 Å². The summed E-state index contributed by atoms with van der Waals surface area (Å²) in [6.07, 6.45) is 3.23. The average molecular weight is 385 g/mol. The number of nitrogens with zero attached hydrogens (tertiary/aromatic N) is 1. The summed E-state index contributed by atoms with van der Waals surface area (Å²) in [5.41, 5.74) is 1.59. The molecule has 0 fully saturated rings. The van der Waals surface area contributed by atoms with Gasteiger partial charge in [0.1, 0.15) is 0 Å². The average Bonchev–Trinajstić information content (AvgIpc) is 2.70. The second kappa shape index (κ2) is 10.1. The molecule has 2 aromatic rings. The molecule has 148 valence electrons. The first kappa shape index (κ1) is 20.9. The summed E-state index contributed by atoms with van der Waals surface area (Å²) in [6.45, 7) is 1.88. The van der Waals surface area contributed by atoms with Crippen molar-refractivity contribution in [1.82, 2.24) is 5.32 Å². The number of benzene rings is 2. The minimum absolute atomic E-state index is 0.0571. The van der Waals surface area contributed by atoms with Crippen molar-refractivity contribution in [1.29, 1.82) is 0 Å². The van der Waals surface area contributed by atoms with Crippen LogP contribution in [-0.4, -0.2) is 30.4 Å². The smallest absolute Gasteiger partial charge is 0.311 e. The zero-order chi connectivity index (χ0) is 20.5. The summed E-state index contributed by atoms with van der Waals surface area (Å²) in [6, 6.07) is 11.4. The molecule has 2 rings (SSSR count). The van der Waals surface area contributed by atoms with Crippen molar-refractivity contribution in [3.63, 3.8) is 0 Å². The minimum Gasteiger partial charge on any atom is -0.490 e. The number of rotatable bonds is 9. The van der Waals surface area contributed by atoms with Crippen molar-refractivity contribution in [3.05, 3.63) is 63.7 Å². The molecule has 8 heteroatoms. The van der Waals surface area contributed by atoms with Crippen molar-refractivity contribution < 1.29 is 19.2 Å². The third-order valence-corrected chi connectivity index (χ3v) is 4.10. The maximum Gasteiger partial charge on any atom is 0.311 e. The van der Waals surface area contributed by atoms with Crippen LogP contribution < -0.4 is 15.4 Å². The highest BCUT2D eigenvalue weighted by Crippen LogP contribution is 2.27. The molecule has 0 aromatic heterocycles. The number of hydrogen-bond donors (Lipinski definition) is 2. The van der Waals surface area contributed by atoms with Gasteiger partial charge in [0.05, 0.1) is 18.6 Å². The molecule has 8 nitrogen and oxygen atoms in total. The third kappa shape index (κ3) is 5.80. The van der Waals surface area contributed by atoms with Gasteiger partial charge in [-0.3, -0.25) is 19.7 Å². The van der Waals surface area contributed by atoms with Crippen molar-refractivity contribution in [2.75, 3.05) is 19.0 Å². The molecule has 2 amide bonds. The van der Waals surface area contributed by atoms with Gasteiger partial charge in [-0.1, -0.05) is 25.5 Å². The van der Waals surface area contributed by atoms with E-state index in [0.29, 0.717) is 5.69 Å². The first-order chi connectivity index (χ1) is 13.4. The van der Waals surface area contributed by atoms with Crippen molar-refractivity contribution in [2.45, 2.75) is 26.2 Å². The number of unbranched alkanes of at least 4 members (excludes halogenated alkanes) is 1. The number of hydrogen-bond acceptors (Lipinski definition) is 5. The number of ether oxygens (including phenoxy) is 1. The highest BCUT2D eigenvalue weighted by molar-refractivity contribution is 5.99. The fourth-order valence-corrected chi connectivity index (χ4v) is 2.58. The fourth-order valence-electron chi connectivity index (χ4n) is 2.58. The number of anilines is 1. The van der Waals surface area contributed by atoms with Crippen LogP contribution >= 0.6 is 0 Å². The second-order valence-corrected chi connectivity index (χ2v) is 6.18. The molecule has 0 atom stereocenters. The van der Waals surface area contributed by atoms with E-state index in [1.807, 2.05) is 24.3 Å². The summed E-state index contributed by atoms with van der Waals surface area (Å²) in [5, 5.41) is 16.2. The Kier molecular flexibility index (Phi) is 7.50. The number of nitro benzene ring substituents is 1. The molecular formula is C20H23N3O5. The Balaban J connectivity index is 1.91. The normalized spacial score (nSPS) is 10.2. The van der Waals surface area contributed by atoms with E-state index in [4.69, 9.17) is 4.74 Å². The SMILES string of the molecule is CCCCc1ccc(NC(=O)CNC(=O)c2ccc(OC)c([N+](=O)[O-])c2)cc1. The van der Waals surface area contributed by atoms with E-state index < -0.39 is 16.7 Å². The quantitative estimate of drug-likeness (QED) is 0.508. The predicted octanol–water partition coefficient (Wildman–Crippen LogP) is 3.31. The standard InChI is InChI=1S/C20H23N3O5/c1-3-4-5-14-6-9-16(10-7-14)22-19(24)13-21-20(25)15-8-11-18(28-2)17(12-15)23(26)27/h6-12H,3-5,13H2,1-2H3,(H,21,25)(H,22,24). The predicted molar refractivity (Wildman–Crippen MR) is 106 cm³/mol. The molecule has 0 spiro atoms. The van der Waals surface area contributed by atoms with Crippen molar-refractivity contribution >= 4 is 23.2 Å². The fraction of sp³-hybridized carbons (Fsp3) is 0.300. The Morgan fingerprint density at radius 2 is 1.86 bits per heavy atom. The van der Waals surface area contributed by atoms with E-state index in [9.17, 15) is 19.7 Å². The van der Waals surface area contributed by atoms with Gasteiger partial charge in [0.15, 0.2) is 5.75 Å². The summed E-state index contributed by atoms with van der Waals surface area (Å²) in [5.74, 6) is -0.921. The Hall–Kier alpha value is -3.42. The van der Waals surface area contributed by atoms with E-state index in [2.05, 4.69) is 17.6 Å². The maximum absolute atomic E-state index is 12.2. The molecule has 0 saturated heterocycles. The highest BCUT2D eigenvalue weighted by Gasteiger charge is 2.18. The highest BCUT2D eigenvalue weighted by atomic mass is 16.6. The largest absolute Gasteiger partial charge is 0.490 e. The lowest BCUT2D eigenvalue weighted by atomic mass is 10.1. The van der Waals surface area contributed by atoms with Crippen LogP contribution in [0.4, 0.5) is 11.4 Å². The van der Waals surface area contributed by atoms with E-state index in [-0.39, 0.29) is 23.5 Å². The summed E-state index contributed by atoms with van der Waals surface area (Å²) < 4.78 is 4.90. The van der Waals surface area contributed by atoms with E-state index in [1.54, 1.807) is 0 Å². The lowest BCUT2D eigenvalue weighted by molar-refractivity contribution is -0.385. The van der Waals surface area contributed by atoms with Gasteiger partial charge >= 0.3 is 5.69 Å². The van der Waals surface area contributed by atoms with Gasteiger partial charge in [-0.15, -0.1) is 0 Å². The molecule has 0 aliphatic heterocycles. The van der Waals surface area contributed by atoms with Gasteiger partial charge in [-0.2, -0.15) is 0 Å². The van der Waals surface area contributed by atoms with Gasteiger partial charge in [0.2, 0.25) is 5.91 Å². The molecule has 2 N–H and O–H groups in total. The molecule has 0 saturated carbocycles. The number of aryl methyl sites for hydroxylation is 1. The van der Waals surface area contributed by atoms with E-state index in [0.717, 1.165) is 25.3 Å². The van der Waals surface area contributed by atoms with Crippen molar-refractivity contribution in [2.24, 2.45) is 0 Å². The van der Waals surface area contributed by atoms with Crippen LogP contribution in [0.15, 0.2) is 42.5 Å².